The molecular formula is C24H18BrNO3. The summed E-state index contributed by atoms with van der Waals surface area (Å²) in [6.07, 6.45) is 0. The predicted octanol–water partition coefficient (Wildman–Crippen LogP) is 5.93. The summed E-state index contributed by atoms with van der Waals surface area (Å²) < 4.78 is 12.3. The van der Waals surface area contributed by atoms with Crippen LogP contribution in [0.3, 0.4) is 0 Å². The molecule has 0 radical (unpaired) electrons. The molecule has 1 heterocycles. The summed E-state index contributed by atoms with van der Waals surface area (Å²) in [5.74, 6) is 0.148. The average molecular weight is 448 g/mol. The molecule has 1 aromatic heterocycles. The summed E-state index contributed by atoms with van der Waals surface area (Å²) in [6.45, 7) is 0.622. The van der Waals surface area contributed by atoms with Crippen molar-refractivity contribution >= 4 is 32.8 Å². The van der Waals surface area contributed by atoms with Crippen molar-refractivity contribution in [1.29, 1.82) is 0 Å². The van der Waals surface area contributed by atoms with Gasteiger partial charge < -0.3 is 9.47 Å². The van der Waals surface area contributed by atoms with Crippen LogP contribution in [0.25, 0.3) is 10.9 Å². The van der Waals surface area contributed by atoms with E-state index in [-0.39, 0.29) is 12.3 Å². The van der Waals surface area contributed by atoms with Crippen LogP contribution in [0.15, 0.2) is 89.4 Å². The highest BCUT2D eigenvalue weighted by atomic mass is 79.9. The zero-order chi connectivity index (χ0) is 20.1. The molecule has 0 aliphatic rings. The molecule has 0 atom stereocenters. The number of rotatable bonds is 6. The Morgan fingerprint density at radius 2 is 1.45 bits per heavy atom. The number of aromatic nitrogens is 1. The van der Waals surface area contributed by atoms with Gasteiger partial charge >= 0.3 is 5.97 Å². The number of nitrogens with zero attached hydrogens (tertiary/aromatic N) is 1. The topological polar surface area (TPSA) is 48.4 Å². The summed E-state index contributed by atoms with van der Waals surface area (Å²) in [7, 11) is 0. The highest BCUT2D eigenvalue weighted by Crippen LogP contribution is 2.31. The molecule has 0 spiro atoms. The van der Waals surface area contributed by atoms with Gasteiger partial charge in [-0.1, -0.05) is 76.6 Å². The zero-order valence-electron chi connectivity index (χ0n) is 15.5. The van der Waals surface area contributed by atoms with Gasteiger partial charge in [0.25, 0.3) is 0 Å². The lowest BCUT2D eigenvalue weighted by molar-refractivity contribution is 0.0466. The lowest BCUT2D eigenvalue weighted by Gasteiger charge is -2.11. The highest BCUT2D eigenvalue weighted by Gasteiger charge is 2.14. The van der Waals surface area contributed by atoms with Crippen molar-refractivity contribution in [1.82, 2.24) is 4.98 Å². The number of carbonyl (C=O) groups excluding carboxylic acids is 1. The third-order valence-corrected chi connectivity index (χ3v) is 5.12. The number of hydrogen-bond acceptors (Lipinski definition) is 4. The maximum Gasteiger partial charge on any atom is 0.357 e. The van der Waals surface area contributed by atoms with Gasteiger partial charge in [0, 0.05) is 9.86 Å². The molecule has 4 nitrogen and oxygen atoms in total. The molecule has 0 bridgehead atoms. The van der Waals surface area contributed by atoms with Gasteiger partial charge in [0.05, 0.1) is 0 Å². The second-order valence-electron chi connectivity index (χ2n) is 6.47. The van der Waals surface area contributed by atoms with E-state index in [1.807, 2.05) is 78.9 Å². The van der Waals surface area contributed by atoms with Crippen molar-refractivity contribution in [3.8, 4) is 5.75 Å². The summed E-state index contributed by atoms with van der Waals surface area (Å²) in [5.41, 5.74) is 2.85. The fourth-order valence-corrected chi connectivity index (χ4v) is 3.37. The van der Waals surface area contributed by atoms with Crippen LogP contribution in [-0.4, -0.2) is 11.0 Å². The molecule has 3 aromatic carbocycles. The van der Waals surface area contributed by atoms with E-state index in [0.29, 0.717) is 17.9 Å². The number of pyridine rings is 1. The smallest absolute Gasteiger partial charge is 0.357 e. The molecule has 0 saturated carbocycles. The number of esters is 1. The number of ether oxygens (including phenoxy) is 2. The Balaban J connectivity index is 1.57. The first-order chi connectivity index (χ1) is 14.2. The minimum Gasteiger partial charge on any atom is -0.487 e. The molecule has 4 rings (SSSR count). The Hall–Kier alpha value is -3.18. The van der Waals surface area contributed by atoms with E-state index in [1.54, 1.807) is 6.07 Å². The van der Waals surface area contributed by atoms with Crippen molar-refractivity contribution in [2.24, 2.45) is 0 Å². The first-order valence-electron chi connectivity index (χ1n) is 9.18. The standard InChI is InChI=1S/C24H18BrNO3/c25-20-12-14-22(28-15-17-7-3-1-4-8-17)23-19(20)11-13-21(26-23)24(27)29-16-18-9-5-2-6-10-18/h1-14H,15-16H2. The molecule has 0 aliphatic heterocycles. The van der Waals surface area contributed by atoms with Crippen LogP contribution in [0.1, 0.15) is 21.6 Å². The zero-order valence-corrected chi connectivity index (χ0v) is 17.1. The van der Waals surface area contributed by atoms with Gasteiger partial charge in [-0.25, -0.2) is 9.78 Å². The molecule has 0 fully saturated rings. The number of fused-ring (bicyclic) bond motifs is 1. The van der Waals surface area contributed by atoms with Crippen LogP contribution < -0.4 is 4.74 Å². The fourth-order valence-electron chi connectivity index (χ4n) is 2.92. The van der Waals surface area contributed by atoms with Crippen molar-refractivity contribution < 1.29 is 14.3 Å². The van der Waals surface area contributed by atoms with Crippen molar-refractivity contribution in [3.05, 3.63) is 106 Å². The summed E-state index contributed by atoms with van der Waals surface area (Å²) in [4.78, 5) is 17.0. The van der Waals surface area contributed by atoms with Crippen molar-refractivity contribution in [2.45, 2.75) is 13.2 Å². The van der Waals surface area contributed by atoms with Gasteiger partial charge in [-0.2, -0.15) is 0 Å². The van der Waals surface area contributed by atoms with Crippen LogP contribution >= 0.6 is 15.9 Å². The maximum atomic E-state index is 12.5. The number of hydrogen-bond donors (Lipinski definition) is 0. The first kappa shape index (κ1) is 19.2. The number of halogens is 1. The van der Waals surface area contributed by atoms with Gasteiger partial charge in [0.1, 0.15) is 30.2 Å². The molecule has 144 valence electrons. The molecule has 0 unspecified atom stereocenters. The highest BCUT2D eigenvalue weighted by molar-refractivity contribution is 9.10. The van der Waals surface area contributed by atoms with Crippen LogP contribution in [0.2, 0.25) is 0 Å². The molecule has 0 saturated heterocycles. The Morgan fingerprint density at radius 1 is 0.793 bits per heavy atom. The van der Waals surface area contributed by atoms with E-state index in [0.717, 1.165) is 21.0 Å². The molecule has 0 N–H and O–H groups in total. The van der Waals surface area contributed by atoms with Crippen LogP contribution in [0.4, 0.5) is 0 Å². The van der Waals surface area contributed by atoms with E-state index < -0.39 is 5.97 Å². The van der Waals surface area contributed by atoms with Gasteiger partial charge in [0.15, 0.2) is 0 Å². The van der Waals surface area contributed by atoms with Gasteiger partial charge in [0.2, 0.25) is 0 Å². The summed E-state index contributed by atoms with van der Waals surface area (Å²) in [5, 5.41) is 0.871. The van der Waals surface area contributed by atoms with E-state index in [1.165, 1.54) is 0 Å². The normalized spacial score (nSPS) is 10.7. The molecular weight excluding hydrogens is 430 g/mol. The quantitative estimate of drug-likeness (QED) is 0.343. The molecule has 0 amide bonds. The third-order valence-electron chi connectivity index (χ3n) is 4.43. The lowest BCUT2D eigenvalue weighted by Crippen LogP contribution is -2.08. The van der Waals surface area contributed by atoms with Gasteiger partial charge in [-0.3, -0.25) is 0 Å². The lowest BCUT2D eigenvalue weighted by atomic mass is 10.2. The average Bonchev–Trinajstić information content (AvgIpc) is 2.78. The van der Waals surface area contributed by atoms with Crippen LogP contribution in [-0.2, 0) is 18.0 Å². The Labute approximate surface area is 177 Å². The fraction of sp³-hybridized carbons (Fsp3) is 0.0833. The summed E-state index contributed by atoms with van der Waals surface area (Å²) in [6, 6.07) is 26.7. The Kier molecular flexibility index (Phi) is 5.86. The van der Waals surface area contributed by atoms with Gasteiger partial charge in [-0.15, -0.1) is 0 Å². The SMILES string of the molecule is O=C(OCc1ccccc1)c1ccc2c(Br)ccc(OCc3ccccc3)c2n1. The van der Waals surface area contributed by atoms with Crippen molar-refractivity contribution in [2.75, 3.05) is 0 Å². The summed E-state index contributed by atoms with van der Waals surface area (Å²) >= 11 is 3.54. The minimum atomic E-state index is -0.468. The largest absolute Gasteiger partial charge is 0.487 e. The first-order valence-corrected chi connectivity index (χ1v) is 9.97. The van der Waals surface area contributed by atoms with Crippen LogP contribution in [0.5, 0.6) is 5.75 Å². The van der Waals surface area contributed by atoms with E-state index in [2.05, 4.69) is 20.9 Å². The van der Waals surface area contributed by atoms with Crippen molar-refractivity contribution in [3.63, 3.8) is 0 Å². The van der Waals surface area contributed by atoms with E-state index in [4.69, 9.17) is 9.47 Å². The van der Waals surface area contributed by atoms with Gasteiger partial charge in [-0.05, 0) is 35.4 Å². The van der Waals surface area contributed by atoms with E-state index >= 15 is 0 Å². The second-order valence-corrected chi connectivity index (χ2v) is 7.33. The molecule has 29 heavy (non-hydrogen) atoms. The predicted molar refractivity (Wildman–Crippen MR) is 116 cm³/mol. The third kappa shape index (κ3) is 4.63. The second kappa shape index (κ2) is 8.88. The molecule has 5 heteroatoms. The Bertz CT molecular complexity index is 1130. The molecule has 0 aliphatic carbocycles. The monoisotopic (exact) mass is 447 g/mol. The number of benzene rings is 3. The molecule has 4 aromatic rings. The maximum absolute atomic E-state index is 12.5. The van der Waals surface area contributed by atoms with Crippen LogP contribution in [0, 0.1) is 0 Å². The Morgan fingerprint density at radius 3 is 2.14 bits per heavy atom. The van der Waals surface area contributed by atoms with E-state index in [9.17, 15) is 4.79 Å². The number of carbonyl (C=O) groups is 1. The minimum absolute atomic E-state index is 0.204.